The van der Waals surface area contributed by atoms with Crippen molar-refractivity contribution in [2.24, 2.45) is 0 Å². The van der Waals surface area contributed by atoms with E-state index in [9.17, 15) is 0 Å². The predicted molar refractivity (Wildman–Crippen MR) is 114 cm³/mol. The minimum atomic E-state index is 0.558. The van der Waals surface area contributed by atoms with Crippen molar-refractivity contribution in [1.82, 2.24) is 9.97 Å². The average Bonchev–Trinajstić information content (AvgIpc) is 2.74. The van der Waals surface area contributed by atoms with Crippen LogP contribution in [0.1, 0.15) is 30.7 Å². The van der Waals surface area contributed by atoms with Gasteiger partial charge in [0.25, 0.3) is 0 Å². The number of nitrogens with one attached hydrogen (secondary N) is 1. The number of rotatable bonds is 8. The summed E-state index contributed by atoms with van der Waals surface area (Å²) in [5.41, 5.74) is 3.71. The van der Waals surface area contributed by atoms with Crippen LogP contribution in [0.5, 0.6) is 0 Å². The van der Waals surface area contributed by atoms with Gasteiger partial charge in [-0.3, -0.25) is 0 Å². The molecule has 0 aliphatic carbocycles. The first kappa shape index (κ1) is 19.4. The fraction of sp³-hybridized carbons (Fsp3) is 0.261. The molecule has 0 saturated heterocycles. The minimum Gasteiger partial charge on any atom is -0.357 e. The molecule has 0 amide bonds. The molecule has 0 bridgehead atoms. The number of anilines is 3. The van der Waals surface area contributed by atoms with Crippen LogP contribution in [0.2, 0.25) is 0 Å². The molecule has 0 aliphatic heterocycles. The number of aromatic nitrogens is 2. The maximum absolute atomic E-state index is 9.12. The lowest BCUT2D eigenvalue weighted by molar-refractivity contribution is 0.829. The van der Waals surface area contributed by atoms with Gasteiger partial charge in [0.05, 0.1) is 11.6 Å². The lowest BCUT2D eigenvalue weighted by atomic mass is 10.1. The van der Waals surface area contributed by atoms with E-state index in [-0.39, 0.29) is 0 Å². The molecule has 1 N–H and O–H groups in total. The van der Waals surface area contributed by atoms with Gasteiger partial charge in [-0.05, 0) is 50.5 Å². The van der Waals surface area contributed by atoms with Crippen molar-refractivity contribution in [3.05, 3.63) is 77.5 Å². The molecule has 3 rings (SSSR count). The van der Waals surface area contributed by atoms with Crippen LogP contribution in [-0.2, 0) is 12.8 Å². The third-order valence-electron chi connectivity index (χ3n) is 4.61. The second-order valence-corrected chi connectivity index (χ2v) is 6.52. The van der Waals surface area contributed by atoms with Gasteiger partial charge in [-0.1, -0.05) is 36.4 Å². The highest BCUT2D eigenvalue weighted by Crippen LogP contribution is 2.20. The van der Waals surface area contributed by atoms with Crippen LogP contribution in [0, 0.1) is 11.3 Å². The van der Waals surface area contributed by atoms with Gasteiger partial charge >= 0.3 is 0 Å². The Morgan fingerprint density at radius 2 is 1.71 bits per heavy atom. The summed E-state index contributed by atoms with van der Waals surface area (Å²) in [5, 5.41) is 12.4. The topological polar surface area (TPSA) is 64.8 Å². The first-order valence-corrected chi connectivity index (χ1v) is 9.65. The van der Waals surface area contributed by atoms with Crippen molar-refractivity contribution >= 4 is 17.5 Å². The van der Waals surface area contributed by atoms with Gasteiger partial charge < -0.3 is 10.2 Å². The Morgan fingerprint density at radius 1 is 0.929 bits per heavy atom. The molecule has 1 aromatic heterocycles. The van der Waals surface area contributed by atoms with Crippen molar-refractivity contribution in [2.75, 3.05) is 23.3 Å². The number of nitriles is 1. The number of hydrogen-bond acceptors (Lipinski definition) is 5. The quantitative estimate of drug-likeness (QED) is 0.620. The van der Waals surface area contributed by atoms with E-state index in [2.05, 4.69) is 60.5 Å². The molecular weight excluding hydrogens is 346 g/mol. The minimum absolute atomic E-state index is 0.558. The Labute approximate surface area is 166 Å². The summed E-state index contributed by atoms with van der Waals surface area (Å²) in [6.45, 7) is 6.02. The first-order chi connectivity index (χ1) is 13.7. The molecule has 3 aromatic rings. The van der Waals surface area contributed by atoms with Gasteiger partial charge in [0, 0.05) is 30.5 Å². The van der Waals surface area contributed by atoms with Gasteiger partial charge in [-0.15, -0.1) is 0 Å². The molecule has 0 fully saturated rings. The second-order valence-electron chi connectivity index (χ2n) is 6.52. The van der Waals surface area contributed by atoms with E-state index in [1.165, 1.54) is 5.56 Å². The maximum Gasteiger partial charge on any atom is 0.229 e. The summed E-state index contributed by atoms with van der Waals surface area (Å²) in [5.74, 6) is 1.48. The van der Waals surface area contributed by atoms with E-state index < -0.39 is 0 Å². The first-order valence-electron chi connectivity index (χ1n) is 9.65. The second kappa shape index (κ2) is 9.52. The molecule has 2 aromatic carbocycles. The fourth-order valence-corrected chi connectivity index (χ4v) is 3.09. The van der Waals surface area contributed by atoms with Crippen molar-refractivity contribution in [3.8, 4) is 6.07 Å². The smallest absolute Gasteiger partial charge is 0.229 e. The van der Waals surface area contributed by atoms with Gasteiger partial charge in [0.15, 0.2) is 0 Å². The van der Waals surface area contributed by atoms with Crippen LogP contribution in [0.25, 0.3) is 0 Å². The van der Waals surface area contributed by atoms with Gasteiger partial charge in [-0.25, -0.2) is 4.98 Å². The summed E-state index contributed by atoms with van der Waals surface area (Å²) >= 11 is 0. The Morgan fingerprint density at radius 3 is 2.43 bits per heavy atom. The van der Waals surface area contributed by atoms with Crippen LogP contribution in [0.4, 0.5) is 17.5 Å². The molecule has 0 aliphatic rings. The molecule has 5 heteroatoms. The average molecular weight is 371 g/mol. The molecule has 28 heavy (non-hydrogen) atoms. The van der Waals surface area contributed by atoms with E-state index in [1.54, 1.807) is 12.1 Å². The van der Waals surface area contributed by atoms with Gasteiger partial charge in [0.2, 0.25) is 5.95 Å². The molecule has 0 atom stereocenters. The van der Waals surface area contributed by atoms with Crippen LogP contribution < -0.4 is 10.2 Å². The van der Waals surface area contributed by atoms with Crippen molar-refractivity contribution < 1.29 is 0 Å². The Bertz CT molecular complexity index is 943. The number of aryl methyl sites for hydroxylation is 2. The normalized spacial score (nSPS) is 10.3. The summed E-state index contributed by atoms with van der Waals surface area (Å²) in [7, 11) is 0. The van der Waals surface area contributed by atoms with Crippen LogP contribution in [0.15, 0.2) is 60.7 Å². The molecule has 0 radical (unpaired) electrons. The Balaban J connectivity index is 1.87. The molecule has 1 heterocycles. The standard InChI is InChI=1S/C23H25N5/c1-3-28(4-2)22-16-21(14-13-18-9-6-5-7-10-18)26-23(27-22)25-20-12-8-11-19(15-20)17-24/h5-12,15-16H,3-4,13-14H2,1-2H3,(H,25,26,27). The van der Waals surface area contributed by atoms with Crippen molar-refractivity contribution in [3.63, 3.8) is 0 Å². The van der Waals surface area contributed by atoms with Crippen LogP contribution >= 0.6 is 0 Å². The molecule has 142 valence electrons. The third-order valence-corrected chi connectivity index (χ3v) is 4.61. The highest BCUT2D eigenvalue weighted by molar-refractivity contribution is 5.58. The molecule has 0 spiro atoms. The number of nitrogens with zero attached hydrogens (tertiary/aromatic N) is 4. The zero-order chi connectivity index (χ0) is 19.8. The van der Waals surface area contributed by atoms with Gasteiger partial charge in [0.1, 0.15) is 5.82 Å². The van der Waals surface area contributed by atoms with Crippen molar-refractivity contribution in [1.29, 1.82) is 5.26 Å². The summed E-state index contributed by atoms with van der Waals surface area (Å²) in [4.78, 5) is 11.6. The van der Waals surface area contributed by atoms with E-state index in [1.807, 2.05) is 18.2 Å². The predicted octanol–water partition coefficient (Wildman–Crippen LogP) is 4.72. The Kier molecular flexibility index (Phi) is 6.59. The van der Waals surface area contributed by atoms with E-state index in [0.717, 1.165) is 43.1 Å². The number of hydrogen-bond donors (Lipinski definition) is 1. The van der Waals surface area contributed by atoms with Crippen LogP contribution in [0.3, 0.4) is 0 Å². The zero-order valence-corrected chi connectivity index (χ0v) is 16.4. The lowest BCUT2D eigenvalue weighted by Gasteiger charge is -2.21. The SMILES string of the molecule is CCN(CC)c1cc(CCc2ccccc2)nc(Nc2cccc(C#N)c2)n1. The molecule has 0 unspecified atom stereocenters. The summed E-state index contributed by atoms with van der Waals surface area (Å²) < 4.78 is 0. The van der Waals surface area contributed by atoms with Gasteiger partial charge in [-0.2, -0.15) is 10.2 Å². The zero-order valence-electron chi connectivity index (χ0n) is 16.4. The lowest BCUT2D eigenvalue weighted by Crippen LogP contribution is -2.23. The summed E-state index contributed by atoms with van der Waals surface area (Å²) in [6, 6.07) is 22.0. The third kappa shape index (κ3) is 5.08. The van der Waals surface area contributed by atoms with E-state index >= 15 is 0 Å². The fourth-order valence-electron chi connectivity index (χ4n) is 3.09. The Hall–Kier alpha value is -3.39. The number of benzene rings is 2. The highest BCUT2D eigenvalue weighted by Gasteiger charge is 2.10. The molecule has 0 saturated carbocycles. The van der Waals surface area contributed by atoms with E-state index in [4.69, 9.17) is 15.2 Å². The monoisotopic (exact) mass is 371 g/mol. The van der Waals surface area contributed by atoms with E-state index in [0.29, 0.717) is 11.5 Å². The van der Waals surface area contributed by atoms with Crippen molar-refractivity contribution in [2.45, 2.75) is 26.7 Å². The highest BCUT2D eigenvalue weighted by atomic mass is 15.2. The maximum atomic E-state index is 9.12. The largest absolute Gasteiger partial charge is 0.357 e. The molecular formula is C23H25N5. The van der Waals surface area contributed by atoms with Crippen LogP contribution in [-0.4, -0.2) is 23.1 Å². The summed E-state index contributed by atoms with van der Waals surface area (Å²) in [6.07, 6.45) is 1.77. The molecule has 5 nitrogen and oxygen atoms in total.